The summed E-state index contributed by atoms with van der Waals surface area (Å²) < 4.78 is 0. The second-order valence-electron chi connectivity index (χ2n) is 6.67. The van der Waals surface area contributed by atoms with Crippen LogP contribution in [0.5, 0.6) is 0 Å². The van der Waals surface area contributed by atoms with Crippen molar-refractivity contribution in [1.29, 1.82) is 0 Å². The van der Waals surface area contributed by atoms with Crippen LogP contribution in [0.15, 0.2) is 0 Å². The highest BCUT2D eigenvalue weighted by Gasteiger charge is 2.48. The average Bonchev–Trinajstić information content (AvgIpc) is 2.31. The molecule has 4 saturated carbocycles. The minimum atomic E-state index is -0.297. The van der Waals surface area contributed by atoms with Crippen LogP contribution in [0.3, 0.4) is 0 Å². The molecule has 0 unspecified atom stereocenters. The van der Waals surface area contributed by atoms with Crippen molar-refractivity contribution in [2.75, 3.05) is 19.6 Å². The molecule has 0 saturated heterocycles. The molecule has 0 aromatic rings. The Labute approximate surface area is 109 Å². The summed E-state index contributed by atoms with van der Waals surface area (Å²) in [6.07, 6.45) is 7.06. The van der Waals surface area contributed by atoms with Crippen LogP contribution >= 0.6 is 0 Å². The van der Waals surface area contributed by atoms with Gasteiger partial charge in [0.2, 0.25) is 0 Å². The van der Waals surface area contributed by atoms with Crippen molar-refractivity contribution < 1.29 is 4.79 Å². The summed E-state index contributed by atoms with van der Waals surface area (Å²) >= 11 is 0. The van der Waals surface area contributed by atoms with E-state index in [0.29, 0.717) is 19.0 Å². The van der Waals surface area contributed by atoms with Crippen molar-refractivity contribution >= 4 is 6.03 Å². The molecule has 0 aromatic heterocycles. The van der Waals surface area contributed by atoms with E-state index in [1.807, 2.05) is 0 Å². The van der Waals surface area contributed by atoms with Gasteiger partial charge in [0.05, 0.1) is 0 Å². The lowest BCUT2D eigenvalue weighted by molar-refractivity contribution is -0.0443. The monoisotopic (exact) mass is 251 g/mol. The van der Waals surface area contributed by atoms with E-state index in [2.05, 4.69) is 0 Å². The van der Waals surface area contributed by atoms with Crippen LogP contribution in [0.25, 0.3) is 0 Å². The minimum Gasteiger partial charge on any atom is -0.351 e. The number of hydrogen-bond acceptors (Lipinski definition) is 2. The molecule has 0 aliphatic heterocycles. The molecule has 0 heterocycles. The number of nitrogens with two attached hydrogens (primary N) is 2. The van der Waals surface area contributed by atoms with Gasteiger partial charge in [-0.25, -0.2) is 4.79 Å². The highest BCUT2D eigenvalue weighted by molar-refractivity contribution is 5.72. The Morgan fingerprint density at radius 1 is 1.06 bits per heavy atom. The third kappa shape index (κ3) is 2.11. The Morgan fingerprint density at radius 2 is 1.61 bits per heavy atom. The first-order valence-electron chi connectivity index (χ1n) is 7.41. The van der Waals surface area contributed by atoms with Crippen LogP contribution in [0.4, 0.5) is 4.79 Å². The number of carbonyl (C=O) groups is 1. The number of urea groups is 1. The van der Waals surface area contributed by atoms with Crippen LogP contribution in [-0.2, 0) is 0 Å². The molecule has 4 nitrogen and oxygen atoms in total. The maximum absolute atomic E-state index is 11.4. The van der Waals surface area contributed by atoms with Gasteiger partial charge in [-0.15, -0.1) is 0 Å². The minimum absolute atomic E-state index is 0.297. The molecule has 0 aromatic carbocycles. The molecule has 4 aliphatic rings. The van der Waals surface area contributed by atoms with Crippen molar-refractivity contribution in [2.45, 2.75) is 32.1 Å². The SMILES string of the molecule is NCCN(CC1C2CC3CC(C2)CC1C3)C(N)=O. The summed E-state index contributed by atoms with van der Waals surface area (Å²) in [5.41, 5.74) is 11.0. The van der Waals surface area contributed by atoms with Crippen LogP contribution in [0, 0.1) is 29.6 Å². The molecule has 4 N–H and O–H groups in total. The summed E-state index contributed by atoms with van der Waals surface area (Å²) in [7, 11) is 0. The molecule has 102 valence electrons. The predicted octanol–water partition coefficient (Wildman–Crippen LogP) is 1.40. The summed E-state index contributed by atoms with van der Waals surface area (Å²) in [5, 5.41) is 0. The van der Waals surface area contributed by atoms with Gasteiger partial charge in [0.15, 0.2) is 0 Å². The summed E-state index contributed by atoms with van der Waals surface area (Å²) in [6.45, 7) is 1.97. The number of nitrogens with zero attached hydrogens (tertiary/aromatic N) is 1. The lowest BCUT2D eigenvalue weighted by atomic mass is 9.52. The van der Waals surface area contributed by atoms with Gasteiger partial charge in [-0.1, -0.05) is 0 Å². The Hall–Kier alpha value is -0.770. The Kier molecular flexibility index (Phi) is 3.22. The number of hydrogen-bond donors (Lipinski definition) is 2. The zero-order valence-corrected chi connectivity index (χ0v) is 11.1. The van der Waals surface area contributed by atoms with E-state index in [9.17, 15) is 4.79 Å². The first-order chi connectivity index (χ1) is 8.67. The number of carbonyl (C=O) groups excluding carboxylic acids is 1. The Morgan fingerprint density at radius 3 is 2.06 bits per heavy atom. The largest absolute Gasteiger partial charge is 0.351 e. The van der Waals surface area contributed by atoms with E-state index in [1.54, 1.807) is 4.90 Å². The third-order valence-corrected chi connectivity index (χ3v) is 5.56. The fraction of sp³-hybridized carbons (Fsp3) is 0.929. The van der Waals surface area contributed by atoms with Gasteiger partial charge in [-0.05, 0) is 61.7 Å². The van der Waals surface area contributed by atoms with E-state index >= 15 is 0 Å². The van der Waals surface area contributed by atoms with Crippen LogP contribution < -0.4 is 11.5 Å². The highest BCUT2D eigenvalue weighted by Crippen LogP contribution is 2.56. The van der Waals surface area contributed by atoms with Crippen molar-refractivity contribution in [3.05, 3.63) is 0 Å². The molecule has 4 aliphatic carbocycles. The number of amides is 2. The maximum atomic E-state index is 11.4. The van der Waals surface area contributed by atoms with Gasteiger partial charge in [0, 0.05) is 19.6 Å². The second-order valence-corrected chi connectivity index (χ2v) is 6.67. The molecule has 18 heavy (non-hydrogen) atoms. The molecule has 4 heteroatoms. The van der Waals surface area contributed by atoms with E-state index in [4.69, 9.17) is 11.5 Å². The molecular weight excluding hydrogens is 226 g/mol. The van der Waals surface area contributed by atoms with Crippen molar-refractivity contribution in [3.63, 3.8) is 0 Å². The summed E-state index contributed by atoms with van der Waals surface area (Å²) in [6, 6.07) is -0.297. The van der Waals surface area contributed by atoms with E-state index in [-0.39, 0.29) is 6.03 Å². The zero-order chi connectivity index (χ0) is 12.7. The molecule has 2 amide bonds. The van der Waals surface area contributed by atoms with E-state index in [0.717, 1.165) is 30.2 Å². The smallest absolute Gasteiger partial charge is 0.314 e. The number of primary amides is 1. The van der Waals surface area contributed by atoms with Crippen molar-refractivity contribution in [2.24, 2.45) is 41.1 Å². The fourth-order valence-electron chi connectivity index (χ4n) is 5.04. The highest BCUT2D eigenvalue weighted by atomic mass is 16.2. The molecule has 0 radical (unpaired) electrons. The average molecular weight is 251 g/mol. The van der Waals surface area contributed by atoms with Crippen LogP contribution in [-0.4, -0.2) is 30.6 Å². The summed E-state index contributed by atoms with van der Waals surface area (Å²) in [4.78, 5) is 13.2. The first kappa shape index (κ1) is 12.3. The summed E-state index contributed by atoms with van der Waals surface area (Å²) in [5.74, 6) is 4.36. The molecule has 4 rings (SSSR count). The van der Waals surface area contributed by atoms with Crippen molar-refractivity contribution in [3.8, 4) is 0 Å². The molecule has 4 bridgehead atoms. The normalized spacial score (nSPS) is 41.1. The van der Waals surface area contributed by atoms with Gasteiger partial charge < -0.3 is 16.4 Å². The van der Waals surface area contributed by atoms with Gasteiger partial charge in [0.1, 0.15) is 0 Å². The maximum Gasteiger partial charge on any atom is 0.314 e. The second kappa shape index (κ2) is 4.72. The van der Waals surface area contributed by atoms with E-state index < -0.39 is 0 Å². The van der Waals surface area contributed by atoms with Gasteiger partial charge >= 0.3 is 6.03 Å². The zero-order valence-electron chi connectivity index (χ0n) is 11.1. The number of rotatable bonds is 4. The molecule has 0 atom stereocenters. The Balaban J connectivity index is 1.67. The third-order valence-electron chi connectivity index (χ3n) is 5.56. The Bertz CT molecular complexity index is 303. The fourth-order valence-corrected chi connectivity index (χ4v) is 5.04. The van der Waals surface area contributed by atoms with Crippen LogP contribution in [0.1, 0.15) is 32.1 Å². The van der Waals surface area contributed by atoms with E-state index in [1.165, 1.54) is 32.1 Å². The van der Waals surface area contributed by atoms with Gasteiger partial charge in [-0.3, -0.25) is 0 Å². The topological polar surface area (TPSA) is 72.3 Å². The van der Waals surface area contributed by atoms with Crippen molar-refractivity contribution in [1.82, 2.24) is 4.90 Å². The predicted molar refractivity (Wildman–Crippen MR) is 70.7 cm³/mol. The molecule has 0 spiro atoms. The lowest BCUT2D eigenvalue weighted by Crippen LogP contribution is -2.51. The quantitative estimate of drug-likeness (QED) is 0.792. The van der Waals surface area contributed by atoms with Gasteiger partial charge in [-0.2, -0.15) is 0 Å². The lowest BCUT2D eigenvalue weighted by Gasteiger charge is -2.55. The van der Waals surface area contributed by atoms with Gasteiger partial charge in [0.25, 0.3) is 0 Å². The van der Waals surface area contributed by atoms with Crippen LogP contribution in [0.2, 0.25) is 0 Å². The molecular formula is C14H25N3O. The molecule has 4 fully saturated rings. The standard InChI is InChI=1S/C14H25N3O/c15-1-2-17(14(16)18)8-13-11-4-9-3-10(6-11)7-12(13)5-9/h9-13H,1-8,15H2,(H2,16,18). The first-order valence-corrected chi connectivity index (χ1v) is 7.41.